The van der Waals surface area contributed by atoms with Gasteiger partial charge in [-0.15, -0.1) is 0 Å². The lowest BCUT2D eigenvalue weighted by molar-refractivity contribution is -0.121. The van der Waals surface area contributed by atoms with Crippen molar-refractivity contribution in [2.24, 2.45) is 0 Å². The zero-order valence-electron chi connectivity index (χ0n) is 15.7. The van der Waals surface area contributed by atoms with E-state index >= 15 is 0 Å². The Morgan fingerprint density at radius 3 is 2.32 bits per heavy atom. The van der Waals surface area contributed by atoms with Gasteiger partial charge in [-0.1, -0.05) is 24.3 Å². The quantitative estimate of drug-likeness (QED) is 0.701. The number of Topliss-reactive ketones (excluding diaryl/α,β-unsaturated/α-hetero) is 1. The summed E-state index contributed by atoms with van der Waals surface area (Å²) in [6, 6.07) is 12.1. The van der Waals surface area contributed by atoms with Crippen molar-refractivity contribution >= 4 is 11.7 Å². The van der Waals surface area contributed by atoms with Gasteiger partial charge in [-0.2, -0.15) is 0 Å². The number of carbonyl (C=O) groups excluding carboxylic acids is 2. The third kappa shape index (κ3) is 5.23. The summed E-state index contributed by atoms with van der Waals surface area (Å²) in [6.07, 6.45) is 2.16. The molecule has 2 aromatic rings. The Labute approximate surface area is 163 Å². The van der Waals surface area contributed by atoms with E-state index in [9.17, 15) is 18.4 Å². The first-order valence-corrected chi connectivity index (χ1v) is 9.58. The second-order valence-electron chi connectivity index (χ2n) is 7.02. The summed E-state index contributed by atoms with van der Waals surface area (Å²) in [6.45, 7) is 2.26. The molecular weight excluding hydrogens is 362 g/mol. The van der Waals surface area contributed by atoms with Crippen LogP contribution in [0.5, 0.6) is 0 Å². The van der Waals surface area contributed by atoms with Gasteiger partial charge in [-0.3, -0.25) is 14.5 Å². The summed E-state index contributed by atoms with van der Waals surface area (Å²) < 4.78 is 26.9. The molecule has 0 aliphatic carbocycles. The minimum atomic E-state index is -0.571. The fraction of sp³-hybridized carbons (Fsp3) is 0.364. The van der Waals surface area contributed by atoms with Gasteiger partial charge in [0.05, 0.1) is 11.6 Å². The molecule has 1 atom stereocenters. The van der Waals surface area contributed by atoms with Crippen molar-refractivity contribution in [1.29, 1.82) is 0 Å². The monoisotopic (exact) mass is 386 g/mol. The molecule has 0 aromatic heterocycles. The van der Waals surface area contributed by atoms with E-state index in [-0.39, 0.29) is 42.0 Å². The van der Waals surface area contributed by atoms with Crippen LogP contribution in [0.2, 0.25) is 0 Å². The molecule has 2 aromatic carbocycles. The largest absolute Gasteiger partial charge is 0.354 e. The van der Waals surface area contributed by atoms with E-state index in [1.165, 1.54) is 30.3 Å². The Bertz CT molecular complexity index is 818. The number of amides is 1. The number of hydrogen-bond donors (Lipinski definition) is 1. The van der Waals surface area contributed by atoms with Gasteiger partial charge in [0.15, 0.2) is 5.78 Å². The first-order valence-electron chi connectivity index (χ1n) is 9.58. The Kier molecular flexibility index (Phi) is 6.87. The van der Waals surface area contributed by atoms with E-state index in [4.69, 9.17) is 0 Å². The number of rotatable bonds is 8. The number of hydrogen-bond acceptors (Lipinski definition) is 3. The lowest BCUT2D eigenvalue weighted by Gasteiger charge is -2.28. The van der Waals surface area contributed by atoms with Gasteiger partial charge in [-0.25, -0.2) is 8.78 Å². The first kappa shape index (κ1) is 20.1. The van der Waals surface area contributed by atoms with Crippen LogP contribution in [0.3, 0.4) is 0 Å². The summed E-state index contributed by atoms with van der Waals surface area (Å²) in [4.78, 5) is 26.6. The summed E-state index contributed by atoms with van der Waals surface area (Å²) >= 11 is 0. The lowest BCUT2D eigenvalue weighted by atomic mass is 10.0. The standard InChI is InChI=1S/C22H24F2N2O2/c23-17-9-7-16(8-10-17)20(26-13-3-4-14-26)15-25-22(28)12-11-21(27)18-5-1-2-6-19(18)24/h1-2,5-10,20H,3-4,11-15H2,(H,25,28). The second-order valence-corrected chi connectivity index (χ2v) is 7.02. The molecule has 1 N–H and O–H groups in total. The van der Waals surface area contributed by atoms with Gasteiger partial charge in [-0.05, 0) is 55.8 Å². The molecule has 0 bridgehead atoms. The van der Waals surface area contributed by atoms with Crippen molar-refractivity contribution in [3.63, 3.8) is 0 Å². The Hall–Kier alpha value is -2.60. The number of likely N-dealkylation sites (tertiary alicyclic amines) is 1. The molecule has 0 saturated carbocycles. The fourth-order valence-electron chi connectivity index (χ4n) is 3.54. The zero-order chi connectivity index (χ0) is 19.9. The molecule has 0 radical (unpaired) electrons. The molecule has 1 heterocycles. The van der Waals surface area contributed by atoms with Gasteiger partial charge in [0.2, 0.25) is 5.91 Å². The van der Waals surface area contributed by atoms with E-state index in [2.05, 4.69) is 10.2 Å². The highest BCUT2D eigenvalue weighted by Crippen LogP contribution is 2.25. The number of nitrogens with zero attached hydrogens (tertiary/aromatic N) is 1. The predicted octanol–water partition coefficient (Wildman–Crippen LogP) is 3.88. The number of halogens is 2. The molecular formula is C22H24F2N2O2. The van der Waals surface area contributed by atoms with E-state index in [0.717, 1.165) is 31.5 Å². The van der Waals surface area contributed by atoms with Crippen LogP contribution in [0.25, 0.3) is 0 Å². The Balaban J connectivity index is 1.55. The minimum Gasteiger partial charge on any atom is -0.354 e. The van der Waals surface area contributed by atoms with Gasteiger partial charge in [0, 0.05) is 19.4 Å². The molecule has 28 heavy (non-hydrogen) atoms. The van der Waals surface area contributed by atoms with Crippen LogP contribution in [0.15, 0.2) is 48.5 Å². The Morgan fingerprint density at radius 1 is 0.964 bits per heavy atom. The molecule has 3 rings (SSSR count). The first-order chi connectivity index (χ1) is 13.5. The Morgan fingerprint density at radius 2 is 1.64 bits per heavy atom. The molecule has 0 spiro atoms. The summed E-state index contributed by atoms with van der Waals surface area (Å²) in [7, 11) is 0. The highest BCUT2D eigenvalue weighted by molar-refractivity contribution is 5.98. The maximum atomic E-state index is 13.7. The molecule has 6 heteroatoms. The van der Waals surface area contributed by atoms with E-state index in [1.54, 1.807) is 18.2 Å². The molecule has 1 fully saturated rings. The second kappa shape index (κ2) is 9.55. The molecule has 148 valence electrons. The van der Waals surface area contributed by atoms with Crippen molar-refractivity contribution in [2.45, 2.75) is 31.7 Å². The molecule has 1 aliphatic rings. The third-order valence-electron chi connectivity index (χ3n) is 5.08. The van der Waals surface area contributed by atoms with Crippen LogP contribution in [-0.2, 0) is 4.79 Å². The van der Waals surface area contributed by atoms with Crippen LogP contribution in [-0.4, -0.2) is 36.2 Å². The van der Waals surface area contributed by atoms with Crippen LogP contribution in [0.4, 0.5) is 8.78 Å². The topological polar surface area (TPSA) is 49.4 Å². The van der Waals surface area contributed by atoms with Crippen molar-refractivity contribution in [1.82, 2.24) is 10.2 Å². The van der Waals surface area contributed by atoms with Gasteiger partial charge in [0.1, 0.15) is 11.6 Å². The number of nitrogens with one attached hydrogen (secondary N) is 1. The summed E-state index contributed by atoms with van der Waals surface area (Å²) in [5.74, 6) is -1.50. The van der Waals surface area contributed by atoms with Crippen molar-refractivity contribution in [3.05, 3.63) is 71.3 Å². The van der Waals surface area contributed by atoms with Crippen LogP contribution in [0, 0.1) is 11.6 Å². The molecule has 1 unspecified atom stereocenters. The fourth-order valence-corrected chi connectivity index (χ4v) is 3.54. The highest BCUT2D eigenvalue weighted by Gasteiger charge is 2.24. The van der Waals surface area contributed by atoms with Crippen molar-refractivity contribution < 1.29 is 18.4 Å². The smallest absolute Gasteiger partial charge is 0.220 e. The SMILES string of the molecule is O=C(CCC(=O)c1ccccc1F)NCC(c1ccc(F)cc1)N1CCCC1. The van der Waals surface area contributed by atoms with E-state index in [1.807, 2.05) is 0 Å². The van der Waals surface area contributed by atoms with Crippen molar-refractivity contribution in [2.75, 3.05) is 19.6 Å². The highest BCUT2D eigenvalue weighted by atomic mass is 19.1. The number of benzene rings is 2. The van der Waals surface area contributed by atoms with E-state index in [0.29, 0.717) is 6.54 Å². The average Bonchev–Trinajstić information content (AvgIpc) is 3.22. The average molecular weight is 386 g/mol. The van der Waals surface area contributed by atoms with Gasteiger partial charge >= 0.3 is 0 Å². The molecule has 1 aliphatic heterocycles. The molecule has 1 amide bonds. The van der Waals surface area contributed by atoms with Crippen LogP contribution < -0.4 is 5.32 Å². The third-order valence-corrected chi connectivity index (χ3v) is 5.08. The number of ketones is 1. The molecule has 1 saturated heterocycles. The summed E-state index contributed by atoms with van der Waals surface area (Å²) in [5.41, 5.74) is 0.961. The van der Waals surface area contributed by atoms with E-state index < -0.39 is 5.82 Å². The van der Waals surface area contributed by atoms with Gasteiger partial charge < -0.3 is 5.32 Å². The normalized spacial score (nSPS) is 15.4. The van der Waals surface area contributed by atoms with Crippen molar-refractivity contribution in [3.8, 4) is 0 Å². The zero-order valence-corrected chi connectivity index (χ0v) is 15.7. The number of carbonyl (C=O) groups is 2. The van der Waals surface area contributed by atoms with Crippen LogP contribution >= 0.6 is 0 Å². The van der Waals surface area contributed by atoms with Gasteiger partial charge in [0.25, 0.3) is 0 Å². The summed E-state index contributed by atoms with van der Waals surface area (Å²) in [5, 5.41) is 2.87. The predicted molar refractivity (Wildman–Crippen MR) is 103 cm³/mol. The maximum Gasteiger partial charge on any atom is 0.220 e. The lowest BCUT2D eigenvalue weighted by Crippen LogP contribution is -2.36. The van der Waals surface area contributed by atoms with Crippen LogP contribution in [0.1, 0.15) is 47.6 Å². The molecule has 4 nitrogen and oxygen atoms in total. The minimum absolute atomic E-state index is 0.00328. The maximum absolute atomic E-state index is 13.7.